The smallest absolute Gasteiger partial charge is 0.225 e. The molecule has 0 spiro atoms. The van der Waals surface area contributed by atoms with Gasteiger partial charge in [0, 0.05) is 39.2 Å². The third kappa shape index (κ3) is 3.83. The van der Waals surface area contributed by atoms with Crippen molar-refractivity contribution in [2.75, 3.05) is 45.7 Å². The molecule has 0 aromatic rings. The molecule has 1 saturated carbocycles. The third-order valence-corrected chi connectivity index (χ3v) is 4.68. The van der Waals surface area contributed by atoms with Crippen molar-refractivity contribution in [3.8, 4) is 0 Å². The normalized spacial score (nSPS) is 23.8. The van der Waals surface area contributed by atoms with E-state index in [2.05, 4.69) is 4.90 Å². The number of methoxy groups -OCH3 is 1. The fraction of sp³-hybridized carbons (Fsp3) is 0.929. The summed E-state index contributed by atoms with van der Waals surface area (Å²) in [6.45, 7) is 4.61. The number of halogens is 1. The topological polar surface area (TPSA) is 32.8 Å². The lowest BCUT2D eigenvalue weighted by Gasteiger charge is -2.41. The molecular formula is C14H25ClN2O2. The lowest BCUT2D eigenvalue weighted by molar-refractivity contribution is -0.144. The Hall–Kier alpha value is -0.320. The van der Waals surface area contributed by atoms with Gasteiger partial charge in [0.05, 0.1) is 12.0 Å². The van der Waals surface area contributed by atoms with E-state index in [4.69, 9.17) is 16.3 Å². The molecule has 2 fully saturated rings. The molecule has 1 heterocycles. The Bertz CT molecular complexity index is 302. The maximum Gasteiger partial charge on any atom is 0.225 e. The highest BCUT2D eigenvalue weighted by Crippen LogP contribution is 2.38. The largest absolute Gasteiger partial charge is 0.378 e. The second-order valence-corrected chi connectivity index (χ2v) is 6.06. The highest BCUT2D eigenvalue weighted by Gasteiger charge is 2.40. The zero-order valence-electron chi connectivity index (χ0n) is 11.9. The maximum atomic E-state index is 12.4. The summed E-state index contributed by atoms with van der Waals surface area (Å²) in [7, 11) is 1.73. The van der Waals surface area contributed by atoms with Gasteiger partial charge in [0.2, 0.25) is 5.91 Å². The van der Waals surface area contributed by atoms with E-state index < -0.39 is 0 Å². The van der Waals surface area contributed by atoms with E-state index in [-0.39, 0.29) is 11.5 Å². The zero-order valence-corrected chi connectivity index (χ0v) is 12.6. The highest BCUT2D eigenvalue weighted by molar-refractivity contribution is 6.18. The Kier molecular flexibility index (Phi) is 5.48. The summed E-state index contributed by atoms with van der Waals surface area (Å²) in [6, 6.07) is 0. The molecule has 5 heteroatoms. The molecule has 0 unspecified atom stereocenters. The minimum absolute atomic E-state index is 0.154. The molecule has 0 radical (unpaired) electrons. The van der Waals surface area contributed by atoms with Crippen LogP contribution in [-0.2, 0) is 9.53 Å². The van der Waals surface area contributed by atoms with Gasteiger partial charge in [-0.05, 0) is 32.2 Å². The van der Waals surface area contributed by atoms with Crippen molar-refractivity contribution in [3.05, 3.63) is 0 Å². The molecule has 0 bridgehead atoms. The zero-order chi connectivity index (χ0) is 13.7. The summed E-state index contributed by atoms with van der Waals surface area (Å²) in [5, 5.41) is 0. The summed E-state index contributed by atoms with van der Waals surface area (Å²) in [6.07, 6.45) is 4.84. The van der Waals surface area contributed by atoms with Crippen molar-refractivity contribution in [3.63, 3.8) is 0 Å². The average Bonchev–Trinajstić information content (AvgIpc) is 2.60. The lowest BCUT2D eigenvalue weighted by atomic mass is 9.77. The van der Waals surface area contributed by atoms with Crippen LogP contribution >= 0.6 is 11.6 Å². The van der Waals surface area contributed by atoms with E-state index in [1.165, 1.54) is 6.42 Å². The summed E-state index contributed by atoms with van der Waals surface area (Å²) in [5.74, 6) is 0.926. The van der Waals surface area contributed by atoms with Gasteiger partial charge < -0.3 is 14.5 Å². The standard InChI is InChI=1S/C14H25ClN2O2/c1-19-14(4-2-5-14)12-13(18)17-8-3-7-16(9-6-15)10-11-17/h2-12H2,1H3. The van der Waals surface area contributed by atoms with E-state index in [1.54, 1.807) is 7.11 Å². The number of nitrogens with zero attached hydrogens (tertiary/aromatic N) is 2. The van der Waals surface area contributed by atoms with Gasteiger partial charge >= 0.3 is 0 Å². The van der Waals surface area contributed by atoms with Gasteiger partial charge in [-0.3, -0.25) is 4.79 Å². The van der Waals surface area contributed by atoms with Gasteiger partial charge in [-0.2, -0.15) is 0 Å². The fourth-order valence-electron chi connectivity index (χ4n) is 2.98. The van der Waals surface area contributed by atoms with Crippen LogP contribution in [0.25, 0.3) is 0 Å². The lowest BCUT2D eigenvalue weighted by Crippen LogP contribution is -2.46. The second-order valence-electron chi connectivity index (χ2n) is 5.68. The monoisotopic (exact) mass is 288 g/mol. The average molecular weight is 289 g/mol. The molecular weight excluding hydrogens is 264 g/mol. The number of hydrogen-bond donors (Lipinski definition) is 0. The van der Waals surface area contributed by atoms with Crippen LogP contribution in [-0.4, -0.2) is 67.0 Å². The van der Waals surface area contributed by atoms with Crippen LogP contribution < -0.4 is 0 Å². The molecule has 0 atom stereocenters. The molecule has 1 saturated heterocycles. The van der Waals surface area contributed by atoms with Crippen LogP contribution in [0.5, 0.6) is 0 Å². The molecule has 2 rings (SSSR count). The van der Waals surface area contributed by atoms with E-state index >= 15 is 0 Å². The van der Waals surface area contributed by atoms with Crippen LogP contribution in [0, 0.1) is 0 Å². The molecule has 4 nitrogen and oxygen atoms in total. The number of carbonyl (C=O) groups is 1. The van der Waals surface area contributed by atoms with Gasteiger partial charge in [0.1, 0.15) is 0 Å². The van der Waals surface area contributed by atoms with Crippen molar-refractivity contribution in [2.24, 2.45) is 0 Å². The Balaban J connectivity index is 1.82. The highest BCUT2D eigenvalue weighted by atomic mass is 35.5. The first-order chi connectivity index (χ1) is 9.19. The molecule has 2 aliphatic rings. The van der Waals surface area contributed by atoms with Crippen molar-refractivity contribution in [1.29, 1.82) is 0 Å². The molecule has 0 aromatic heterocycles. The van der Waals surface area contributed by atoms with Crippen LogP contribution in [0.3, 0.4) is 0 Å². The van der Waals surface area contributed by atoms with Crippen molar-refractivity contribution in [2.45, 2.75) is 37.7 Å². The van der Waals surface area contributed by atoms with E-state index in [9.17, 15) is 4.79 Å². The molecule has 0 N–H and O–H groups in total. The Labute approximate surface area is 121 Å². The second kappa shape index (κ2) is 6.91. The van der Waals surface area contributed by atoms with Crippen LogP contribution in [0.1, 0.15) is 32.1 Å². The summed E-state index contributed by atoms with van der Waals surface area (Å²) in [5.41, 5.74) is -0.154. The van der Waals surface area contributed by atoms with Gasteiger partial charge in [-0.15, -0.1) is 11.6 Å². The first kappa shape index (κ1) is 15.1. The van der Waals surface area contributed by atoms with Crippen molar-refractivity contribution >= 4 is 17.5 Å². The van der Waals surface area contributed by atoms with Crippen LogP contribution in [0.2, 0.25) is 0 Å². The first-order valence-corrected chi connectivity index (χ1v) is 7.84. The van der Waals surface area contributed by atoms with E-state index in [0.29, 0.717) is 12.3 Å². The molecule has 0 aromatic carbocycles. The predicted octanol–water partition coefficient (Wildman–Crippen LogP) is 1.72. The molecule has 19 heavy (non-hydrogen) atoms. The molecule has 110 valence electrons. The van der Waals surface area contributed by atoms with Crippen molar-refractivity contribution < 1.29 is 9.53 Å². The quantitative estimate of drug-likeness (QED) is 0.722. The summed E-state index contributed by atoms with van der Waals surface area (Å²) < 4.78 is 5.55. The van der Waals surface area contributed by atoms with Gasteiger partial charge in [-0.1, -0.05) is 0 Å². The van der Waals surface area contributed by atoms with Gasteiger partial charge in [-0.25, -0.2) is 0 Å². The van der Waals surface area contributed by atoms with E-state index in [0.717, 1.165) is 52.0 Å². The van der Waals surface area contributed by atoms with Gasteiger partial charge in [0.15, 0.2) is 0 Å². The van der Waals surface area contributed by atoms with Crippen LogP contribution in [0.15, 0.2) is 0 Å². The molecule has 1 aliphatic carbocycles. The summed E-state index contributed by atoms with van der Waals surface area (Å²) in [4.78, 5) is 16.7. The number of carbonyl (C=O) groups excluding carboxylic acids is 1. The SMILES string of the molecule is COC1(CC(=O)N2CCCN(CCCl)CC2)CCC1. The number of rotatable bonds is 5. The van der Waals surface area contributed by atoms with E-state index in [1.807, 2.05) is 4.90 Å². The summed E-state index contributed by atoms with van der Waals surface area (Å²) >= 11 is 5.78. The van der Waals surface area contributed by atoms with Gasteiger partial charge in [0.25, 0.3) is 0 Å². The number of amides is 1. The Morgan fingerprint density at radius 3 is 2.58 bits per heavy atom. The number of ether oxygens (including phenoxy) is 1. The number of alkyl halides is 1. The predicted molar refractivity (Wildman–Crippen MR) is 76.6 cm³/mol. The Morgan fingerprint density at radius 1 is 1.21 bits per heavy atom. The maximum absolute atomic E-state index is 12.4. The minimum Gasteiger partial charge on any atom is -0.378 e. The Morgan fingerprint density at radius 2 is 2.00 bits per heavy atom. The number of hydrogen-bond acceptors (Lipinski definition) is 3. The minimum atomic E-state index is -0.154. The van der Waals surface area contributed by atoms with Crippen LogP contribution in [0.4, 0.5) is 0 Å². The molecule has 1 aliphatic heterocycles. The molecule has 1 amide bonds. The fourth-order valence-corrected chi connectivity index (χ4v) is 3.21. The van der Waals surface area contributed by atoms with Crippen molar-refractivity contribution in [1.82, 2.24) is 9.80 Å². The third-order valence-electron chi connectivity index (χ3n) is 4.51. The first-order valence-electron chi connectivity index (χ1n) is 7.30.